The second-order valence-electron chi connectivity index (χ2n) is 4.90. The van der Waals surface area contributed by atoms with Crippen LogP contribution in [0.3, 0.4) is 0 Å². The second-order valence-corrected chi connectivity index (χ2v) is 4.90. The number of hydrogen-bond donors (Lipinski definition) is 2. The van der Waals surface area contributed by atoms with E-state index in [0.29, 0.717) is 12.1 Å². The number of rotatable bonds is 2. The molecule has 1 fully saturated rings. The molecule has 0 amide bonds. The number of nitrogens with two attached hydrogens (primary N) is 1. The summed E-state index contributed by atoms with van der Waals surface area (Å²) in [5.41, 5.74) is 9.29. The molecule has 0 bridgehead atoms. The van der Waals surface area contributed by atoms with Crippen LogP contribution in [-0.2, 0) is 0 Å². The van der Waals surface area contributed by atoms with Crippen LogP contribution in [0.15, 0.2) is 30.5 Å². The Balaban J connectivity index is 1.96. The van der Waals surface area contributed by atoms with Gasteiger partial charge in [-0.3, -0.25) is 4.98 Å². The molecule has 1 saturated carbocycles. The van der Waals surface area contributed by atoms with Crippen LogP contribution < -0.4 is 11.1 Å². The molecule has 0 radical (unpaired) electrons. The first kappa shape index (κ1) is 10.5. The molecule has 0 unspecified atom stereocenters. The van der Waals surface area contributed by atoms with Crippen molar-refractivity contribution in [2.45, 2.75) is 31.8 Å². The highest BCUT2D eigenvalue weighted by molar-refractivity contribution is 5.93. The maximum Gasteiger partial charge on any atom is 0.0751 e. The van der Waals surface area contributed by atoms with Gasteiger partial charge in [-0.25, -0.2) is 0 Å². The van der Waals surface area contributed by atoms with E-state index >= 15 is 0 Å². The molecule has 3 heteroatoms. The fraction of sp³-hybridized carbons (Fsp3) is 0.357. The normalized spacial score (nSPS) is 23.4. The molecule has 17 heavy (non-hydrogen) atoms. The van der Waals surface area contributed by atoms with Crippen molar-refractivity contribution in [3.8, 4) is 0 Å². The van der Waals surface area contributed by atoms with Gasteiger partial charge in [0.15, 0.2) is 0 Å². The maximum absolute atomic E-state index is 5.81. The topological polar surface area (TPSA) is 50.9 Å². The highest BCUT2D eigenvalue weighted by atomic mass is 15.0. The van der Waals surface area contributed by atoms with E-state index in [1.54, 1.807) is 0 Å². The fourth-order valence-electron chi connectivity index (χ4n) is 2.44. The van der Waals surface area contributed by atoms with Crippen LogP contribution in [0.25, 0.3) is 10.9 Å². The van der Waals surface area contributed by atoms with Gasteiger partial charge in [0.1, 0.15) is 0 Å². The van der Waals surface area contributed by atoms with Crippen LogP contribution in [0.5, 0.6) is 0 Å². The first-order valence-electron chi connectivity index (χ1n) is 6.10. The highest BCUT2D eigenvalue weighted by Crippen LogP contribution is 2.28. The van der Waals surface area contributed by atoms with Gasteiger partial charge in [-0.15, -0.1) is 0 Å². The summed E-state index contributed by atoms with van der Waals surface area (Å²) in [5, 5.41) is 4.76. The Bertz CT molecular complexity index is 544. The van der Waals surface area contributed by atoms with Crippen LogP contribution in [0, 0.1) is 6.92 Å². The minimum absolute atomic E-state index is 0.377. The van der Waals surface area contributed by atoms with E-state index in [1.165, 1.54) is 16.6 Å². The molecular formula is C14H17N3. The molecular weight excluding hydrogens is 210 g/mol. The largest absolute Gasteiger partial charge is 0.382 e. The first-order chi connectivity index (χ1) is 8.24. The molecule has 1 aromatic carbocycles. The van der Waals surface area contributed by atoms with Crippen LogP contribution in [0.1, 0.15) is 18.4 Å². The number of benzene rings is 1. The van der Waals surface area contributed by atoms with Crippen LogP contribution in [0.4, 0.5) is 5.69 Å². The van der Waals surface area contributed by atoms with Gasteiger partial charge < -0.3 is 11.1 Å². The van der Waals surface area contributed by atoms with Crippen molar-refractivity contribution in [3.05, 3.63) is 36.0 Å². The molecule has 3 N–H and O–H groups in total. The Hall–Kier alpha value is -1.61. The number of fused-ring (bicyclic) bond motifs is 1. The fourth-order valence-corrected chi connectivity index (χ4v) is 2.44. The third kappa shape index (κ3) is 1.87. The predicted octanol–water partition coefficient (Wildman–Crippen LogP) is 2.44. The van der Waals surface area contributed by atoms with Gasteiger partial charge >= 0.3 is 0 Å². The summed E-state index contributed by atoms with van der Waals surface area (Å²) < 4.78 is 0. The minimum atomic E-state index is 0.377. The number of pyridine rings is 1. The van der Waals surface area contributed by atoms with Gasteiger partial charge in [0.25, 0.3) is 0 Å². The zero-order valence-electron chi connectivity index (χ0n) is 9.98. The Labute approximate surface area is 101 Å². The number of hydrogen-bond acceptors (Lipinski definition) is 3. The lowest BCUT2D eigenvalue weighted by molar-refractivity contribution is 0.374. The Kier molecular flexibility index (Phi) is 2.48. The summed E-state index contributed by atoms with van der Waals surface area (Å²) in [6.45, 7) is 2.10. The van der Waals surface area contributed by atoms with E-state index in [1.807, 2.05) is 12.3 Å². The molecule has 1 aromatic heterocycles. The van der Waals surface area contributed by atoms with E-state index in [-0.39, 0.29) is 0 Å². The van der Waals surface area contributed by atoms with Gasteiger partial charge in [0.05, 0.1) is 5.52 Å². The van der Waals surface area contributed by atoms with Crippen molar-refractivity contribution in [2.24, 2.45) is 5.73 Å². The second kappa shape index (κ2) is 4.00. The SMILES string of the molecule is Cc1ccc(NC2CC(N)C2)c2cccnc12. The Morgan fingerprint density at radius 2 is 2.12 bits per heavy atom. The molecule has 1 aliphatic carbocycles. The zero-order valence-corrected chi connectivity index (χ0v) is 9.98. The molecule has 0 spiro atoms. The van der Waals surface area contributed by atoms with Crippen LogP contribution in [0.2, 0.25) is 0 Å². The summed E-state index contributed by atoms with van der Waals surface area (Å²) in [6.07, 6.45) is 3.98. The third-order valence-electron chi connectivity index (χ3n) is 3.51. The zero-order chi connectivity index (χ0) is 11.8. The maximum atomic E-state index is 5.81. The molecule has 88 valence electrons. The Morgan fingerprint density at radius 3 is 2.88 bits per heavy atom. The number of anilines is 1. The van der Waals surface area contributed by atoms with Crippen molar-refractivity contribution in [1.82, 2.24) is 4.98 Å². The number of aryl methyl sites for hydroxylation is 1. The minimum Gasteiger partial charge on any atom is -0.382 e. The van der Waals surface area contributed by atoms with Gasteiger partial charge in [0, 0.05) is 29.4 Å². The van der Waals surface area contributed by atoms with E-state index < -0.39 is 0 Å². The van der Waals surface area contributed by atoms with Gasteiger partial charge in [-0.05, 0) is 43.5 Å². The van der Waals surface area contributed by atoms with E-state index in [9.17, 15) is 0 Å². The van der Waals surface area contributed by atoms with Crippen molar-refractivity contribution < 1.29 is 0 Å². The standard InChI is InChI=1S/C14H17N3/c1-9-4-5-13(17-11-7-10(15)8-11)12-3-2-6-16-14(9)12/h2-6,10-11,17H,7-8,15H2,1H3. The van der Waals surface area contributed by atoms with Gasteiger partial charge in [-0.1, -0.05) is 6.07 Å². The summed E-state index contributed by atoms with van der Waals surface area (Å²) in [5.74, 6) is 0. The summed E-state index contributed by atoms with van der Waals surface area (Å²) >= 11 is 0. The lowest BCUT2D eigenvalue weighted by Gasteiger charge is -2.34. The predicted molar refractivity (Wildman–Crippen MR) is 71.1 cm³/mol. The smallest absolute Gasteiger partial charge is 0.0751 e. The number of nitrogens with zero attached hydrogens (tertiary/aromatic N) is 1. The first-order valence-corrected chi connectivity index (χ1v) is 6.10. The van der Waals surface area contributed by atoms with Crippen molar-refractivity contribution in [3.63, 3.8) is 0 Å². The molecule has 0 aliphatic heterocycles. The van der Waals surface area contributed by atoms with Crippen LogP contribution in [-0.4, -0.2) is 17.1 Å². The highest BCUT2D eigenvalue weighted by Gasteiger charge is 2.25. The Morgan fingerprint density at radius 1 is 1.29 bits per heavy atom. The van der Waals surface area contributed by atoms with E-state index in [2.05, 4.69) is 35.4 Å². The summed E-state index contributed by atoms with van der Waals surface area (Å²) in [6, 6.07) is 9.27. The monoisotopic (exact) mass is 227 g/mol. The lowest BCUT2D eigenvalue weighted by atomic mass is 9.87. The molecule has 0 saturated heterocycles. The molecule has 2 aromatic rings. The average molecular weight is 227 g/mol. The summed E-state index contributed by atoms with van der Waals surface area (Å²) in [4.78, 5) is 4.44. The molecule has 1 aliphatic rings. The van der Waals surface area contributed by atoms with Gasteiger partial charge in [0.2, 0.25) is 0 Å². The van der Waals surface area contributed by atoms with Crippen molar-refractivity contribution >= 4 is 16.6 Å². The average Bonchev–Trinajstić information content (AvgIpc) is 2.31. The van der Waals surface area contributed by atoms with Gasteiger partial charge in [-0.2, -0.15) is 0 Å². The lowest BCUT2D eigenvalue weighted by Crippen LogP contribution is -2.44. The van der Waals surface area contributed by atoms with E-state index in [0.717, 1.165) is 18.4 Å². The van der Waals surface area contributed by atoms with E-state index in [4.69, 9.17) is 5.73 Å². The molecule has 1 heterocycles. The third-order valence-corrected chi connectivity index (χ3v) is 3.51. The van der Waals surface area contributed by atoms with Crippen LogP contribution >= 0.6 is 0 Å². The van der Waals surface area contributed by atoms with Crippen molar-refractivity contribution in [1.29, 1.82) is 0 Å². The number of aromatic nitrogens is 1. The number of nitrogens with one attached hydrogen (secondary N) is 1. The molecule has 0 atom stereocenters. The van der Waals surface area contributed by atoms with Crippen molar-refractivity contribution in [2.75, 3.05) is 5.32 Å². The summed E-state index contributed by atoms with van der Waals surface area (Å²) in [7, 11) is 0. The quantitative estimate of drug-likeness (QED) is 0.828. The molecule has 3 rings (SSSR count). The molecule has 3 nitrogen and oxygen atoms in total.